The van der Waals surface area contributed by atoms with Gasteiger partial charge in [0, 0.05) is 30.7 Å². The molecule has 4 rings (SSSR count). The molecule has 132 valence electrons. The summed E-state index contributed by atoms with van der Waals surface area (Å²) in [5.41, 5.74) is 5.17. The molecule has 2 aromatic heterocycles. The summed E-state index contributed by atoms with van der Waals surface area (Å²) in [6.45, 7) is 4.51. The number of nitrogens with zero attached hydrogens (tertiary/aromatic N) is 3. The van der Waals surface area contributed by atoms with Crippen molar-refractivity contribution in [1.82, 2.24) is 19.8 Å². The summed E-state index contributed by atoms with van der Waals surface area (Å²) in [4.78, 5) is 6.78. The van der Waals surface area contributed by atoms with Crippen LogP contribution < -0.4 is 5.32 Å². The highest BCUT2D eigenvalue weighted by Crippen LogP contribution is 2.42. The molecule has 4 nitrogen and oxygen atoms in total. The van der Waals surface area contributed by atoms with Crippen LogP contribution in [0.3, 0.4) is 0 Å². The number of rotatable bonds is 3. The van der Waals surface area contributed by atoms with Crippen molar-refractivity contribution in [1.29, 1.82) is 0 Å². The summed E-state index contributed by atoms with van der Waals surface area (Å²) < 4.78 is 2.56. The van der Waals surface area contributed by atoms with Crippen LogP contribution in [0.25, 0.3) is 0 Å². The van der Waals surface area contributed by atoms with Crippen molar-refractivity contribution >= 4 is 17.3 Å². The van der Waals surface area contributed by atoms with Gasteiger partial charge in [-0.25, -0.2) is 0 Å². The molecule has 0 spiro atoms. The summed E-state index contributed by atoms with van der Waals surface area (Å²) in [6.07, 6.45) is 7.16. The Hall–Kier alpha value is -1.88. The van der Waals surface area contributed by atoms with Crippen LogP contribution in [0.5, 0.6) is 0 Å². The van der Waals surface area contributed by atoms with Crippen LogP contribution in [0, 0.1) is 13.8 Å². The van der Waals surface area contributed by atoms with E-state index < -0.39 is 0 Å². The Morgan fingerprint density at radius 1 is 1.20 bits per heavy atom. The Morgan fingerprint density at radius 2 is 1.96 bits per heavy atom. The van der Waals surface area contributed by atoms with Crippen molar-refractivity contribution in [3.05, 3.63) is 53.1 Å². The first-order valence-electron chi connectivity index (χ1n) is 9.20. The zero-order chi connectivity index (χ0) is 17.6. The third kappa shape index (κ3) is 2.74. The van der Waals surface area contributed by atoms with Crippen molar-refractivity contribution in [2.75, 3.05) is 7.05 Å². The molecule has 1 aliphatic carbocycles. The fraction of sp³-hybridized carbons (Fsp3) is 0.500. The molecule has 1 saturated heterocycles. The van der Waals surface area contributed by atoms with Crippen LogP contribution >= 0.6 is 12.2 Å². The fourth-order valence-corrected chi connectivity index (χ4v) is 4.91. The molecule has 0 aromatic carbocycles. The molecule has 3 heterocycles. The van der Waals surface area contributed by atoms with Crippen LogP contribution in [-0.2, 0) is 0 Å². The van der Waals surface area contributed by atoms with Crippen LogP contribution in [0.1, 0.15) is 66.5 Å². The molecule has 1 N–H and O–H groups in total. The lowest BCUT2D eigenvalue weighted by Crippen LogP contribution is -2.25. The molecule has 0 bridgehead atoms. The number of pyridine rings is 1. The Balaban J connectivity index is 1.76. The maximum absolute atomic E-state index is 5.57. The van der Waals surface area contributed by atoms with E-state index in [1.807, 2.05) is 18.3 Å². The van der Waals surface area contributed by atoms with Gasteiger partial charge in [0.05, 0.1) is 17.8 Å². The molecular formula is C20H26N4S. The maximum Gasteiger partial charge on any atom is 0.169 e. The molecule has 0 unspecified atom stereocenters. The summed E-state index contributed by atoms with van der Waals surface area (Å²) in [7, 11) is 2.09. The molecule has 2 aliphatic rings. The van der Waals surface area contributed by atoms with Gasteiger partial charge in [-0.3, -0.25) is 4.98 Å². The zero-order valence-corrected chi connectivity index (χ0v) is 16.0. The van der Waals surface area contributed by atoms with Gasteiger partial charge < -0.3 is 14.8 Å². The van der Waals surface area contributed by atoms with E-state index in [-0.39, 0.29) is 12.1 Å². The molecule has 1 aliphatic heterocycles. The molecule has 25 heavy (non-hydrogen) atoms. The van der Waals surface area contributed by atoms with Crippen LogP contribution in [0.4, 0.5) is 0 Å². The largest absolute Gasteiger partial charge is 0.352 e. The van der Waals surface area contributed by atoms with Crippen molar-refractivity contribution in [2.45, 2.75) is 57.7 Å². The van der Waals surface area contributed by atoms with Crippen molar-refractivity contribution < 1.29 is 0 Å². The molecule has 0 amide bonds. The van der Waals surface area contributed by atoms with Gasteiger partial charge in [0.2, 0.25) is 0 Å². The number of aromatic nitrogens is 2. The zero-order valence-electron chi connectivity index (χ0n) is 15.2. The molecule has 1 saturated carbocycles. The monoisotopic (exact) mass is 354 g/mol. The van der Waals surface area contributed by atoms with Crippen LogP contribution in [0.2, 0.25) is 0 Å². The molecule has 2 aromatic rings. The number of nitrogens with one attached hydrogen (secondary N) is 1. The third-order valence-electron chi connectivity index (χ3n) is 5.87. The minimum absolute atomic E-state index is 0.0937. The highest BCUT2D eigenvalue weighted by molar-refractivity contribution is 7.80. The van der Waals surface area contributed by atoms with Crippen molar-refractivity contribution in [3.8, 4) is 0 Å². The average Bonchev–Trinajstić information content (AvgIpc) is 3.29. The lowest BCUT2D eigenvalue weighted by Gasteiger charge is -2.25. The Labute approximate surface area is 155 Å². The van der Waals surface area contributed by atoms with Crippen molar-refractivity contribution in [2.24, 2.45) is 0 Å². The molecule has 2 fully saturated rings. The predicted molar refractivity (Wildman–Crippen MR) is 105 cm³/mol. The highest BCUT2D eigenvalue weighted by atomic mass is 32.1. The third-order valence-corrected chi connectivity index (χ3v) is 6.28. The van der Waals surface area contributed by atoms with Gasteiger partial charge in [0.15, 0.2) is 5.11 Å². The summed E-state index contributed by atoms with van der Waals surface area (Å²) in [5.74, 6) is 0. The second-order valence-corrected chi connectivity index (χ2v) is 7.76. The first-order valence-corrected chi connectivity index (χ1v) is 9.61. The number of hydrogen-bond donors (Lipinski definition) is 1. The Bertz CT molecular complexity index is 776. The first-order chi connectivity index (χ1) is 12.1. The second-order valence-electron chi connectivity index (χ2n) is 7.37. The van der Waals surface area contributed by atoms with Gasteiger partial charge >= 0.3 is 0 Å². The van der Waals surface area contributed by atoms with E-state index in [1.165, 1.54) is 42.6 Å². The topological polar surface area (TPSA) is 33.1 Å². The second kappa shape index (κ2) is 6.45. The Kier molecular flexibility index (Phi) is 4.28. The molecule has 0 radical (unpaired) electrons. The van der Waals surface area contributed by atoms with Gasteiger partial charge in [-0.15, -0.1) is 0 Å². The lowest BCUT2D eigenvalue weighted by atomic mass is 9.97. The van der Waals surface area contributed by atoms with Gasteiger partial charge in [-0.05, 0) is 62.7 Å². The number of likely N-dealkylation sites (N-methyl/N-ethyl adjacent to an activating group) is 1. The van der Waals surface area contributed by atoms with Crippen LogP contribution in [-0.4, -0.2) is 26.6 Å². The van der Waals surface area contributed by atoms with Gasteiger partial charge in [-0.2, -0.15) is 0 Å². The summed E-state index contributed by atoms with van der Waals surface area (Å²) in [6, 6.07) is 9.39. The molecule has 5 heteroatoms. The molecular weight excluding hydrogens is 328 g/mol. The number of thiocarbonyl (C=S) groups is 1. The summed E-state index contributed by atoms with van der Waals surface area (Å²) in [5, 5.41) is 4.28. The minimum Gasteiger partial charge on any atom is -0.352 e. The quantitative estimate of drug-likeness (QED) is 0.837. The van der Waals surface area contributed by atoms with E-state index in [4.69, 9.17) is 12.2 Å². The minimum atomic E-state index is 0.0937. The predicted octanol–water partition coefficient (Wildman–Crippen LogP) is 4.22. The van der Waals surface area contributed by atoms with Crippen molar-refractivity contribution in [3.63, 3.8) is 0 Å². The van der Waals surface area contributed by atoms with E-state index in [1.54, 1.807) is 0 Å². The smallest absolute Gasteiger partial charge is 0.169 e. The van der Waals surface area contributed by atoms with Gasteiger partial charge in [0.1, 0.15) is 0 Å². The maximum atomic E-state index is 5.57. The molecule has 2 atom stereocenters. The number of aryl methyl sites for hydroxylation is 1. The van der Waals surface area contributed by atoms with Gasteiger partial charge in [0.25, 0.3) is 0 Å². The Morgan fingerprint density at radius 3 is 2.64 bits per heavy atom. The van der Waals surface area contributed by atoms with Gasteiger partial charge in [-0.1, -0.05) is 18.9 Å². The SMILES string of the molecule is Cc1cc([C@@H]2[C@H](c3ccccn3)NC(=S)N2C)c(C)n1C1CCCC1. The highest BCUT2D eigenvalue weighted by Gasteiger charge is 2.39. The standard InChI is InChI=1S/C20H26N4S/c1-13-12-16(14(2)24(13)15-8-4-5-9-15)19-18(22-20(25)23(19)3)17-10-6-7-11-21-17/h6-7,10-12,15,18-19H,4-5,8-9H2,1-3H3,(H,22,25)/t18-,19+/m0/s1. The number of hydrogen-bond acceptors (Lipinski definition) is 2. The van der Waals surface area contributed by atoms with E-state index in [0.29, 0.717) is 6.04 Å². The van der Waals surface area contributed by atoms with E-state index in [2.05, 4.69) is 52.8 Å². The summed E-state index contributed by atoms with van der Waals surface area (Å²) >= 11 is 5.57. The first kappa shape index (κ1) is 16.6. The van der Waals surface area contributed by atoms with E-state index >= 15 is 0 Å². The van der Waals surface area contributed by atoms with E-state index in [0.717, 1.165) is 10.8 Å². The van der Waals surface area contributed by atoms with Crippen LogP contribution in [0.15, 0.2) is 30.5 Å². The van der Waals surface area contributed by atoms with E-state index in [9.17, 15) is 0 Å². The fourth-order valence-electron chi connectivity index (χ4n) is 4.67. The average molecular weight is 355 g/mol. The normalized spacial score (nSPS) is 24.1. The lowest BCUT2D eigenvalue weighted by molar-refractivity contribution is 0.365.